The first-order valence-corrected chi connectivity index (χ1v) is 11.5. The Hall–Kier alpha value is -3.77. The van der Waals surface area contributed by atoms with E-state index in [-0.39, 0.29) is 11.2 Å². The molecule has 0 saturated carbocycles. The van der Waals surface area contributed by atoms with Gasteiger partial charge >= 0.3 is 0 Å². The number of aryl methyl sites for hydroxylation is 1. The first-order valence-electron chi connectivity index (χ1n) is 11.5. The molecule has 1 N–H and O–H groups in total. The zero-order chi connectivity index (χ0) is 23.7. The quantitative estimate of drug-likeness (QED) is 0.465. The fourth-order valence-corrected chi connectivity index (χ4v) is 4.68. The summed E-state index contributed by atoms with van der Waals surface area (Å²) in [6.45, 7) is 5.76. The molecule has 1 saturated heterocycles. The molecule has 34 heavy (non-hydrogen) atoms. The van der Waals surface area contributed by atoms with E-state index < -0.39 is 0 Å². The number of aromatic hydroxyl groups is 1. The van der Waals surface area contributed by atoms with E-state index >= 15 is 0 Å². The molecule has 174 valence electrons. The largest absolute Gasteiger partial charge is 0.507 e. The van der Waals surface area contributed by atoms with E-state index in [9.17, 15) is 9.90 Å². The van der Waals surface area contributed by atoms with Gasteiger partial charge in [-0.2, -0.15) is 0 Å². The maximum Gasteiger partial charge on any atom is 0.200 e. The van der Waals surface area contributed by atoms with E-state index in [0.29, 0.717) is 34.4 Å². The number of phenolic OH excluding ortho intramolecular Hbond substituents is 1. The summed E-state index contributed by atoms with van der Waals surface area (Å²) in [5.74, 6) is 1.56. The third kappa shape index (κ3) is 4.13. The number of piperazine rings is 1. The van der Waals surface area contributed by atoms with Crippen LogP contribution in [0.4, 0.5) is 5.69 Å². The van der Waals surface area contributed by atoms with Crippen LogP contribution in [0.2, 0.25) is 0 Å². The number of hydrogen-bond acceptors (Lipinski definition) is 6. The minimum absolute atomic E-state index is 0.0736. The SMILES string of the molecule is COc1ccc(N2CCN(Cc3c(O)ccc4c(=O)c(-c5ccccc5)c(C)oc34)CC2)cc1. The number of nitrogens with zero attached hydrogens (tertiary/aromatic N) is 2. The minimum Gasteiger partial charge on any atom is -0.507 e. The van der Waals surface area contributed by atoms with Crippen molar-refractivity contribution in [2.75, 3.05) is 38.2 Å². The molecule has 3 aromatic carbocycles. The first-order chi connectivity index (χ1) is 16.5. The predicted molar refractivity (Wildman–Crippen MR) is 135 cm³/mol. The van der Waals surface area contributed by atoms with Crippen molar-refractivity contribution >= 4 is 16.7 Å². The van der Waals surface area contributed by atoms with E-state index in [1.54, 1.807) is 19.2 Å². The predicted octanol–water partition coefficient (Wildman–Crippen LogP) is 4.80. The van der Waals surface area contributed by atoms with Gasteiger partial charge in [-0.25, -0.2) is 0 Å². The highest BCUT2D eigenvalue weighted by atomic mass is 16.5. The Labute approximate surface area is 198 Å². The summed E-state index contributed by atoms with van der Waals surface area (Å²) in [5.41, 5.74) is 3.63. The Morgan fingerprint density at radius 3 is 2.32 bits per heavy atom. The molecular weight excluding hydrogens is 428 g/mol. The van der Waals surface area contributed by atoms with Crippen molar-refractivity contribution in [3.8, 4) is 22.6 Å². The lowest BCUT2D eigenvalue weighted by atomic mass is 10.0. The molecule has 6 heteroatoms. The molecule has 0 amide bonds. The lowest BCUT2D eigenvalue weighted by Gasteiger charge is -2.36. The van der Waals surface area contributed by atoms with Crippen LogP contribution >= 0.6 is 0 Å². The summed E-state index contributed by atoms with van der Waals surface area (Å²) in [4.78, 5) is 18.0. The molecule has 1 aromatic heterocycles. The van der Waals surface area contributed by atoms with Crippen molar-refractivity contribution in [2.24, 2.45) is 0 Å². The molecule has 0 spiro atoms. The van der Waals surface area contributed by atoms with Gasteiger partial charge in [-0.05, 0) is 48.9 Å². The van der Waals surface area contributed by atoms with Crippen molar-refractivity contribution < 1.29 is 14.3 Å². The Balaban J connectivity index is 1.40. The van der Waals surface area contributed by atoms with Gasteiger partial charge in [-0.15, -0.1) is 0 Å². The lowest BCUT2D eigenvalue weighted by molar-refractivity contribution is 0.246. The molecule has 6 nitrogen and oxygen atoms in total. The zero-order valence-electron chi connectivity index (χ0n) is 19.5. The lowest BCUT2D eigenvalue weighted by Crippen LogP contribution is -2.46. The topological polar surface area (TPSA) is 66.2 Å². The summed E-state index contributed by atoms with van der Waals surface area (Å²) < 4.78 is 11.4. The minimum atomic E-state index is -0.0736. The van der Waals surface area contributed by atoms with Crippen molar-refractivity contribution in [2.45, 2.75) is 13.5 Å². The van der Waals surface area contributed by atoms with Crippen molar-refractivity contribution in [3.63, 3.8) is 0 Å². The standard InChI is InChI=1S/C28H28N2O4/c1-19-26(20-6-4-3-5-7-20)27(32)23-12-13-25(31)24(28(23)34-19)18-29-14-16-30(17-15-29)21-8-10-22(33-2)11-9-21/h3-13,31H,14-18H2,1-2H3. The van der Waals surface area contributed by atoms with Crippen LogP contribution in [0.25, 0.3) is 22.1 Å². The van der Waals surface area contributed by atoms with Gasteiger partial charge in [-0.3, -0.25) is 9.69 Å². The number of methoxy groups -OCH3 is 1. The molecule has 0 unspecified atom stereocenters. The average molecular weight is 457 g/mol. The summed E-state index contributed by atoms with van der Waals surface area (Å²) in [5, 5.41) is 11.2. The van der Waals surface area contributed by atoms with Gasteiger partial charge in [0.25, 0.3) is 0 Å². The molecule has 1 aliphatic rings. The van der Waals surface area contributed by atoms with E-state index in [0.717, 1.165) is 37.5 Å². The second-order valence-corrected chi connectivity index (χ2v) is 8.63. The van der Waals surface area contributed by atoms with E-state index in [1.807, 2.05) is 49.4 Å². The van der Waals surface area contributed by atoms with Crippen LogP contribution in [0, 0.1) is 6.92 Å². The van der Waals surface area contributed by atoms with Crippen LogP contribution in [0.3, 0.4) is 0 Å². The molecule has 2 heterocycles. The van der Waals surface area contributed by atoms with Crippen molar-refractivity contribution in [3.05, 3.63) is 88.3 Å². The first kappa shape index (κ1) is 22.0. The van der Waals surface area contributed by atoms with Gasteiger partial charge in [0.05, 0.1) is 23.6 Å². The second-order valence-electron chi connectivity index (χ2n) is 8.63. The second kappa shape index (κ2) is 9.23. The zero-order valence-corrected chi connectivity index (χ0v) is 19.5. The summed E-state index contributed by atoms with van der Waals surface area (Å²) in [7, 11) is 1.67. The molecule has 0 atom stereocenters. The highest BCUT2D eigenvalue weighted by molar-refractivity contribution is 5.86. The van der Waals surface area contributed by atoms with Gasteiger partial charge in [0.2, 0.25) is 5.43 Å². The number of ether oxygens (including phenoxy) is 1. The molecule has 0 aliphatic carbocycles. The fraction of sp³-hybridized carbons (Fsp3) is 0.250. The molecule has 0 bridgehead atoms. The summed E-state index contributed by atoms with van der Waals surface area (Å²) in [6.07, 6.45) is 0. The number of anilines is 1. The molecule has 0 radical (unpaired) electrons. The number of phenols is 1. The molecular formula is C28H28N2O4. The van der Waals surface area contributed by atoms with Gasteiger partial charge in [0.15, 0.2) is 0 Å². The maximum absolute atomic E-state index is 13.4. The maximum atomic E-state index is 13.4. The van der Waals surface area contributed by atoms with Crippen LogP contribution in [-0.2, 0) is 6.54 Å². The van der Waals surface area contributed by atoms with Crippen LogP contribution in [0.1, 0.15) is 11.3 Å². The number of fused-ring (bicyclic) bond motifs is 1. The number of benzene rings is 3. The van der Waals surface area contributed by atoms with Gasteiger partial charge in [-0.1, -0.05) is 30.3 Å². The Bertz CT molecular complexity index is 1360. The third-order valence-corrected chi connectivity index (χ3v) is 6.57. The molecule has 1 aliphatic heterocycles. The highest BCUT2D eigenvalue weighted by Gasteiger charge is 2.22. The van der Waals surface area contributed by atoms with E-state index in [1.165, 1.54) is 5.69 Å². The summed E-state index contributed by atoms with van der Waals surface area (Å²) in [6, 6.07) is 20.9. The Kier molecular flexibility index (Phi) is 5.99. The third-order valence-electron chi connectivity index (χ3n) is 6.57. The Morgan fingerprint density at radius 1 is 0.941 bits per heavy atom. The van der Waals surface area contributed by atoms with Crippen molar-refractivity contribution in [1.29, 1.82) is 0 Å². The van der Waals surface area contributed by atoms with Crippen LogP contribution in [0.5, 0.6) is 11.5 Å². The average Bonchev–Trinajstić information content (AvgIpc) is 2.87. The van der Waals surface area contributed by atoms with Crippen LogP contribution in [0.15, 0.2) is 75.9 Å². The van der Waals surface area contributed by atoms with Gasteiger partial charge < -0.3 is 19.2 Å². The molecule has 1 fully saturated rings. The highest BCUT2D eigenvalue weighted by Crippen LogP contribution is 2.31. The van der Waals surface area contributed by atoms with Crippen LogP contribution < -0.4 is 15.1 Å². The van der Waals surface area contributed by atoms with Gasteiger partial charge in [0, 0.05) is 38.4 Å². The smallest absolute Gasteiger partial charge is 0.200 e. The van der Waals surface area contributed by atoms with E-state index in [2.05, 4.69) is 21.9 Å². The molecule has 4 aromatic rings. The normalized spacial score (nSPS) is 14.5. The monoisotopic (exact) mass is 456 g/mol. The molecule has 5 rings (SSSR count). The van der Waals surface area contributed by atoms with Crippen LogP contribution in [-0.4, -0.2) is 43.3 Å². The Morgan fingerprint density at radius 2 is 1.65 bits per heavy atom. The van der Waals surface area contributed by atoms with E-state index in [4.69, 9.17) is 9.15 Å². The fourth-order valence-electron chi connectivity index (χ4n) is 4.68. The number of rotatable bonds is 5. The van der Waals surface area contributed by atoms with Gasteiger partial charge in [0.1, 0.15) is 22.8 Å². The van der Waals surface area contributed by atoms with Crippen molar-refractivity contribution in [1.82, 2.24) is 4.90 Å². The number of hydrogen-bond donors (Lipinski definition) is 1. The summed E-state index contributed by atoms with van der Waals surface area (Å²) >= 11 is 0.